The second kappa shape index (κ2) is 12.9. The van der Waals surface area contributed by atoms with Crippen LogP contribution in [0.3, 0.4) is 0 Å². The number of hydrogen-bond acceptors (Lipinski definition) is 5. The van der Waals surface area contributed by atoms with Crippen LogP contribution in [0.25, 0.3) is 10.9 Å². The monoisotopic (exact) mass is 717 g/mol. The molecule has 5 atom stereocenters. The van der Waals surface area contributed by atoms with Crippen molar-refractivity contribution in [3.8, 4) is 0 Å². The maximum atomic E-state index is 14.7. The molecule has 3 aromatic rings. The third-order valence-corrected chi connectivity index (χ3v) is 12.4. The van der Waals surface area contributed by atoms with Gasteiger partial charge in [-0.1, -0.05) is 52.3 Å². The van der Waals surface area contributed by atoms with Crippen molar-refractivity contribution in [2.24, 2.45) is 22.7 Å². The fourth-order valence-corrected chi connectivity index (χ4v) is 10.8. The first-order valence-corrected chi connectivity index (χ1v) is 18.2. The number of para-hydroxylation sites is 1. The number of likely N-dealkylation sites (tertiary alicyclic amines) is 1. The van der Waals surface area contributed by atoms with Gasteiger partial charge in [0.2, 0.25) is 17.7 Å². The number of likely N-dealkylation sites (N-methyl/N-ethyl adjacent to an activating group) is 1. The largest absolute Gasteiger partial charge is 0.391 e. The maximum absolute atomic E-state index is 14.7. The van der Waals surface area contributed by atoms with Gasteiger partial charge in [0.15, 0.2) is 0 Å². The Bertz CT molecular complexity index is 1690. The van der Waals surface area contributed by atoms with Crippen LogP contribution in [0, 0.1) is 22.7 Å². The van der Waals surface area contributed by atoms with E-state index in [-0.39, 0.29) is 36.1 Å². The van der Waals surface area contributed by atoms with Crippen molar-refractivity contribution >= 4 is 44.6 Å². The number of fused-ring (bicyclic) bond motifs is 1. The second-order valence-electron chi connectivity index (χ2n) is 15.8. The first-order chi connectivity index (χ1) is 22.9. The molecular formula is C38H48BrN5O4. The number of hydrogen-bond donors (Lipinski definition) is 3. The van der Waals surface area contributed by atoms with Crippen molar-refractivity contribution in [3.63, 3.8) is 0 Å². The molecule has 1 saturated heterocycles. The first kappa shape index (κ1) is 33.3. The van der Waals surface area contributed by atoms with Gasteiger partial charge in [-0.15, -0.1) is 0 Å². The Hall–Kier alpha value is -3.21. The smallest absolute Gasteiger partial charge is 0.245 e. The van der Waals surface area contributed by atoms with E-state index in [2.05, 4.69) is 45.2 Å². The maximum Gasteiger partial charge on any atom is 0.245 e. The van der Waals surface area contributed by atoms with Crippen molar-refractivity contribution < 1.29 is 19.5 Å². The van der Waals surface area contributed by atoms with Crippen molar-refractivity contribution in [1.29, 1.82) is 0 Å². The molecule has 1 aliphatic heterocycles. The molecule has 4 saturated carbocycles. The van der Waals surface area contributed by atoms with Gasteiger partial charge >= 0.3 is 0 Å². The summed E-state index contributed by atoms with van der Waals surface area (Å²) < 4.78 is 0.910. The topological polar surface area (TPSA) is 109 Å². The van der Waals surface area contributed by atoms with E-state index in [0.717, 1.165) is 52.3 Å². The molecule has 4 aliphatic carbocycles. The van der Waals surface area contributed by atoms with Crippen molar-refractivity contribution in [2.45, 2.75) is 76.1 Å². The van der Waals surface area contributed by atoms with Gasteiger partial charge in [0, 0.05) is 61.1 Å². The average molecular weight is 719 g/mol. The van der Waals surface area contributed by atoms with E-state index in [1.165, 1.54) is 19.3 Å². The lowest BCUT2D eigenvalue weighted by atomic mass is 9.43. The van der Waals surface area contributed by atoms with Gasteiger partial charge in [-0.3, -0.25) is 14.4 Å². The quantitative estimate of drug-likeness (QED) is 0.281. The molecule has 48 heavy (non-hydrogen) atoms. The van der Waals surface area contributed by atoms with Crippen LogP contribution in [-0.4, -0.2) is 94.9 Å². The van der Waals surface area contributed by atoms with Gasteiger partial charge in [0.1, 0.15) is 12.1 Å². The lowest BCUT2D eigenvalue weighted by molar-refractivity contribution is -0.171. The third-order valence-electron chi connectivity index (χ3n) is 11.6. The van der Waals surface area contributed by atoms with E-state index < -0.39 is 23.6 Å². The predicted molar refractivity (Wildman–Crippen MR) is 189 cm³/mol. The Kier molecular flexibility index (Phi) is 8.96. The van der Waals surface area contributed by atoms with Crippen LogP contribution in [0.15, 0.2) is 59.2 Å². The lowest BCUT2D eigenvalue weighted by Gasteiger charge is -2.62. The summed E-state index contributed by atoms with van der Waals surface area (Å²) in [5, 5.41) is 15.0. The van der Waals surface area contributed by atoms with Crippen LogP contribution in [0.4, 0.5) is 0 Å². The summed E-state index contributed by atoms with van der Waals surface area (Å²) in [5.41, 5.74) is 2.51. The second-order valence-corrected chi connectivity index (χ2v) is 16.6. The molecule has 8 rings (SSSR count). The Morgan fingerprint density at radius 1 is 1.00 bits per heavy atom. The molecule has 4 unspecified atom stereocenters. The molecule has 5 fully saturated rings. The average Bonchev–Trinajstić information content (AvgIpc) is 3.63. The molecule has 0 radical (unpaired) electrons. The zero-order valence-electron chi connectivity index (χ0n) is 28.3. The summed E-state index contributed by atoms with van der Waals surface area (Å²) in [7, 11) is 5.99. The zero-order chi connectivity index (χ0) is 33.8. The van der Waals surface area contributed by atoms with Crippen molar-refractivity contribution in [2.75, 3.05) is 34.2 Å². The number of amides is 3. The molecule has 3 N–H and O–H groups in total. The molecule has 9 nitrogen and oxygen atoms in total. The normalized spacial score (nSPS) is 29.8. The van der Waals surface area contributed by atoms with E-state index >= 15 is 0 Å². The molecule has 5 aliphatic rings. The van der Waals surface area contributed by atoms with Crippen LogP contribution in [0.2, 0.25) is 0 Å². The Morgan fingerprint density at radius 3 is 2.44 bits per heavy atom. The number of β-amino-alcohol motifs (C(OH)–C–C–N with tert-alkyl or cyclic N) is 1. The van der Waals surface area contributed by atoms with Gasteiger partial charge < -0.3 is 30.1 Å². The Labute approximate surface area is 291 Å². The van der Waals surface area contributed by atoms with E-state index in [9.17, 15) is 19.5 Å². The van der Waals surface area contributed by atoms with Gasteiger partial charge in [-0.2, -0.15) is 0 Å². The minimum Gasteiger partial charge on any atom is -0.391 e. The van der Waals surface area contributed by atoms with Crippen LogP contribution in [0.5, 0.6) is 0 Å². The summed E-state index contributed by atoms with van der Waals surface area (Å²) in [4.78, 5) is 52.0. The molecule has 256 valence electrons. The zero-order valence-corrected chi connectivity index (χ0v) is 29.8. The molecular weight excluding hydrogens is 670 g/mol. The van der Waals surface area contributed by atoms with E-state index in [1.54, 1.807) is 16.8 Å². The number of rotatable bonds is 10. The van der Waals surface area contributed by atoms with Crippen LogP contribution < -0.4 is 5.32 Å². The third kappa shape index (κ3) is 6.31. The minimum absolute atomic E-state index is 0.0296. The highest BCUT2D eigenvalue weighted by atomic mass is 79.9. The molecule has 2 heterocycles. The van der Waals surface area contributed by atoms with E-state index in [4.69, 9.17) is 0 Å². The number of aromatic amines is 1. The van der Waals surface area contributed by atoms with Crippen molar-refractivity contribution in [3.05, 3.63) is 70.3 Å². The van der Waals surface area contributed by atoms with Gasteiger partial charge in [0.25, 0.3) is 0 Å². The lowest BCUT2D eigenvalue weighted by Crippen LogP contribution is -2.62. The van der Waals surface area contributed by atoms with Crippen LogP contribution in [-0.2, 0) is 27.3 Å². The number of nitrogens with one attached hydrogen (secondary N) is 2. The number of aliphatic hydroxyl groups is 1. The number of halogens is 1. The number of aliphatic hydroxyl groups excluding tert-OH is 1. The van der Waals surface area contributed by atoms with Crippen molar-refractivity contribution in [1.82, 2.24) is 25.0 Å². The number of aromatic nitrogens is 1. The Balaban J connectivity index is 1.14. The summed E-state index contributed by atoms with van der Waals surface area (Å²) >= 11 is 3.59. The standard InChI is InChI=1S/C38H48BrN5O4/c1-42(2)23-37-15-24-12-25(16-37)18-38(17-24,22-37)36(48)44-21-28(45)14-33(44)34(46)41-32(13-27-19-40-31-11-7-5-9-29(27)31)35(47)43(3)20-26-8-4-6-10-30(26)39/h4-11,19,24-25,28,32-33,40,45H,12-18,20-23H2,1-3H3,(H,41,46)/t24?,25?,28-,32?,33?,37?,38?/m1/s1. The predicted octanol–water partition coefficient (Wildman–Crippen LogP) is 4.73. The fraction of sp³-hybridized carbons (Fsp3) is 0.553. The van der Waals surface area contributed by atoms with Gasteiger partial charge in [-0.25, -0.2) is 0 Å². The minimum atomic E-state index is -0.859. The highest BCUT2D eigenvalue weighted by molar-refractivity contribution is 9.10. The SMILES string of the molecule is CN(C)CC12CC3CC(C1)CC(C(=O)N1C[C@H](O)CC1C(=O)NC(Cc1c[nH]c4ccccc14)C(=O)N(C)Cc1ccccc1Br)(C3)C2. The molecule has 10 heteroatoms. The van der Waals surface area contributed by atoms with Gasteiger partial charge in [0.05, 0.1) is 11.5 Å². The van der Waals surface area contributed by atoms with E-state index in [0.29, 0.717) is 24.8 Å². The number of benzene rings is 2. The number of nitrogens with zero attached hydrogens (tertiary/aromatic N) is 3. The van der Waals surface area contributed by atoms with E-state index in [1.807, 2.05) is 54.7 Å². The fourth-order valence-electron chi connectivity index (χ4n) is 10.4. The van der Waals surface area contributed by atoms with Gasteiger partial charge in [-0.05, 0) is 93.1 Å². The molecule has 3 amide bonds. The molecule has 4 bridgehead atoms. The number of carbonyl (C=O) groups excluding carboxylic acids is 3. The summed E-state index contributed by atoms with van der Waals surface area (Å²) in [6, 6.07) is 14.0. The Morgan fingerprint density at radius 2 is 1.71 bits per heavy atom. The molecule has 2 aromatic carbocycles. The highest BCUT2D eigenvalue weighted by Gasteiger charge is 2.62. The summed E-state index contributed by atoms with van der Waals surface area (Å²) in [6.45, 7) is 1.50. The number of H-pyrrole nitrogens is 1. The summed E-state index contributed by atoms with van der Waals surface area (Å²) in [6.07, 6.45) is 7.73. The summed E-state index contributed by atoms with van der Waals surface area (Å²) in [5.74, 6) is 0.510. The van der Waals surface area contributed by atoms with Crippen LogP contribution in [0.1, 0.15) is 56.1 Å². The first-order valence-electron chi connectivity index (χ1n) is 17.4. The van der Waals surface area contributed by atoms with Crippen LogP contribution >= 0.6 is 15.9 Å². The number of carbonyl (C=O) groups is 3. The molecule has 1 aromatic heterocycles. The highest BCUT2D eigenvalue weighted by Crippen LogP contribution is 2.66. The molecule has 0 spiro atoms.